The van der Waals surface area contributed by atoms with E-state index in [1.54, 1.807) is 13.0 Å². The molecule has 0 atom stereocenters. The van der Waals surface area contributed by atoms with Gasteiger partial charge < -0.3 is 33.2 Å². The zero-order valence-electron chi connectivity index (χ0n) is 79.8. The van der Waals surface area contributed by atoms with Crippen LogP contribution in [-0.2, 0) is 0 Å². The number of fused-ring (bicyclic) bond motifs is 15. The Morgan fingerprint density at radius 2 is 0.483 bits per heavy atom. The highest BCUT2D eigenvalue weighted by molar-refractivity contribution is 6.20. The summed E-state index contributed by atoms with van der Waals surface area (Å²) in [5.41, 5.74) is 34.5. The van der Waals surface area contributed by atoms with E-state index in [1.165, 1.54) is 132 Å². The molecule has 0 aliphatic carbocycles. The van der Waals surface area contributed by atoms with Crippen molar-refractivity contribution in [3.8, 4) is 113 Å². The first kappa shape index (κ1) is 91.6. The lowest BCUT2D eigenvalue weighted by Crippen LogP contribution is -2.11. The molecule has 16 heteroatoms. The summed E-state index contributed by atoms with van der Waals surface area (Å²) < 4.78 is 7.18. The molecule has 0 saturated heterocycles. The van der Waals surface area contributed by atoms with Crippen LogP contribution >= 0.6 is 0 Å². The largest absolute Gasteiger partial charge is 0.370 e. The average molecular weight is 1910 g/mol. The number of hydrogen-bond donors (Lipinski definition) is 0. The Kier molecular flexibility index (Phi) is 24.4. The van der Waals surface area contributed by atoms with Gasteiger partial charge in [0.05, 0.1) is 44.5 Å². The summed E-state index contributed by atoms with van der Waals surface area (Å²) in [6.45, 7) is 16.1. The minimum atomic E-state index is -0.251. The molecule has 0 aliphatic heterocycles. The van der Waals surface area contributed by atoms with Crippen LogP contribution in [0.1, 0.15) is 31.6 Å². The van der Waals surface area contributed by atoms with E-state index in [0.717, 1.165) is 62.1 Å². The van der Waals surface area contributed by atoms with E-state index in [4.69, 9.17) is 13.1 Å². The summed E-state index contributed by atoms with van der Waals surface area (Å²) in [5.74, 6) is -0.491. The van der Waals surface area contributed by atoms with Crippen LogP contribution in [0.5, 0.6) is 0 Å². The van der Waals surface area contributed by atoms with E-state index in [0.29, 0.717) is 5.69 Å². The minimum Gasteiger partial charge on any atom is -0.370 e. The SMILES string of the molecule is C.[C-]#[N+]c1nc2c3nc(C#N)c(C)nc3c3nc(C#N)c(C#N)nc3c2nc1[N+]#[C-].[HH].c1ccc(-c2ccc(N(c3ccc(-c4ccccc4)cc3)c3ccc(-c4ccc(N(c5ccc(-c6ccccc6)cc5)c5ccc(-c6ccccc6)cc5-c5ccccc5)cc4)cc3)cc2)cc1.c1ccc(-n2c3ccccc3c3cc(-c4ccc5c(c4)c4ccccc4n5-c4ccc5c(c4)c4ccccc4n5-c4ccccc4)ccc32)cc1. The molecule has 0 bridgehead atoms. The van der Waals surface area contributed by atoms with Gasteiger partial charge in [-0.1, -0.05) is 342 Å². The molecule has 0 fully saturated rings. The van der Waals surface area contributed by atoms with Crippen LogP contribution in [0.2, 0.25) is 0 Å². The monoisotopic (exact) mass is 1910 g/mol. The topological polar surface area (TPSA) is 179 Å². The number of hydrogen-bond acceptors (Lipinski definition) is 11. The van der Waals surface area contributed by atoms with Crippen LogP contribution in [0.4, 0.5) is 45.8 Å². The molecule has 0 amide bonds. The first-order valence-electron chi connectivity index (χ1n) is 48.5. The highest BCUT2D eigenvalue weighted by Crippen LogP contribution is 2.48. The summed E-state index contributed by atoms with van der Waals surface area (Å²) >= 11 is 0. The first-order valence-corrected chi connectivity index (χ1v) is 48.5. The molecular weight excluding hydrogens is 1820 g/mol. The molecule has 0 aliphatic rings. The zero-order chi connectivity index (χ0) is 99.7. The van der Waals surface area contributed by atoms with Gasteiger partial charge in [-0.05, 0) is 237 Å². The summed E-state index contributed by atoms with van der Waals surface area (Å²) in [4.78, 5) is 36.6. The third-order valence-electron chi connectivity index (χ3n) is 27.4. The van der Waals surface area contributed by atoms with Gasteiger partial charge in [0.2, 0.25) is 11.0 Å². The number of aryl methyl sites for hydroxylation is 1. The van der Waals surface area contributed by atoms with Gasteiger partial charge in [0.1, 0.15) is 40.3 Å². The number of nitriles is 3. The van der Waals surface area contributed by atoms with Crippen molar-refractivity contribution in [3.05, 3.63) is 525 Å². The number of rotatable bonds is 16. The Morgan fingerprint density at radius 3 is 0.839 bits per heavy atom. The Labute approximate surface area is 861 Å². The quantitative estimate of drug-likeness (QED) is 0.0664. The molecule has 16 nitrogen and oxygen atoms in total. The summed E-state index contributed by atoms with van der Waals surface area (Å²) in [5, 5.41) is 35.4. The van der Waals surface area contributed by atoms with E-state index < -0.39 is 0 Å². The van der Waals surface area contributed by atoms with Crippen LogP contribution in [0, 0.1) is 54.1 Å². The first-order chi connectivity index (χ1) is 73.1. The van der Waals surface area contributed by atoms with Gasteiger partial charge in [-0.3, -0.25) is 0 Å². The molecule has 0 spiro atoms. The number of para-hydroxylation sites is 5. The van der Waals surface area contributed by atoms with Crippen molar-refractivity contribution < 1.29 is 1.43 Å². The predicted molar refractivity (Wildman–Crippen MR) is 609 cm³/mol. The molecule has 0 N–H and O–H groups in total. The Balaban J connectivity index is 0.000000136. The number of benzene rings is 20. The Bertz CT molecular complexity index is 9740. The molecule has 6 aromatic heterocycles. The lowest BCUT2D eigenvalue weighted by molar-refractivity contribution is 1.14. The summed E-state index contributed by atoms with van der Waals surface area (Å²) in [7, 11) is 0. The van der Waals surface area contributed by atoms with E-state index in [-0.39, 0.29) is 70.7 Å². The lowest BCUT2D eigenvalue weighted by Gasteiger charge is -2.29. The second-order valence-corrected chi connectivity index (χ2v) is 36.0. The van der Waals surface area contributed by atoms with E-state index in [1.807, 2.05) is 12.1 Å². The minimum absolute atomic E-state index is 0. The molecule has 700 valence electrons. The van der Waals surface area contributed by atoms with Gasteiger partial charge in [0, 0.05) is 84.8 Å². The molecule has 20 aromatic carbocycles. The standard InChI is InChI=1S/C66H48N2.C48H31N3.C18H3N11.CH4.H2/c1-6-16-49(17-7-1)53-26-37-60(38-27-53)67(61-39-28-54(29-40-61)50-18-8-2-9-19-50)62-41-30-56(31-42-62)57-34-45-64(46-35-57)68(63-43-32-55(33-44-63)51-20-10-3-11-21-51)66-47-36-59(52-22-12-4-13-23-52)48-65(66)58-24-14-5-15-25-58;1-3-13-34(14-4-1)49-43-20-10-7-17-37(43)40-29-32(23-26-46(40)49)33-24-27-47-41(30-33)38-18-8-12-22-45(38)51(47)36-25-28-48-42(31-36)39-19-9-11-21-44(39)50(48)35-15-5-2-6-16-35;1-7-8(4-19)25-13-11(24-7)12-14(27-10(6-21)9(5-20)26-12)16-15(13)28-17(22-2)18(23-3)29-16;;/h1-48H;1-31H;1H3;1H4;1H. The zero-order valence-corrected chi connectivity index (χ0v) is 79.8. The van der Waals surface area contributed by atoms with Crippen molar-refractivity contribution in [1.82, 2.24) is 43.6 Å². The Morgan fingerprint density at radius 1 is 0.228 bits per heavy atom. The van der Waals surface area contributed by atoms with Gasteiger partial charge >= 0.3 is 0 Å². The number of anilines is 6. The maximum absolute atomic E-state index is 9.31. The van der Waals surface area contributed by atoms with Crippen molar-refractivity contribution in [2.75, 3.05) is 9.80 Å². The van der Waals surface area contributed by atoms with Crippen molar-refractivity contribution in [3.63, 3.8) is 0 Å². The average Bonchev–Trinajstić information content (AvgIpc) is 1.38. The van der Waals surface area contributed by atoms with Crippen molar-refractivity contribution in [1.29, 1.82) is 15.8 Å². The molecule has 26 rings (SSSR count). The fourth-order valence-electron chi connectivity index (χ4n) is 20.3. The van der Waals surface area contributed by atoms with E-state index in [9.17, 15) is 15.8 Å². The molecule has 149 heavy (non-hydrogen) atoms. The van der Waals surface area contributed by atoms with Gasteiger partial charge in [0.25, 0.3) is 11.6 Å². The third kappa shape index (κ3) is 17.1. The molecule has 0 saturated carbocycles. The second-order valence-electron chi connectivity index (χ2n) is 36.0. The van der Waals surface area contributed by atoms with Crippen LogP contribution in [0.25, 0.3) is 203 Å². The van der Waals surface area contributed by atoms with Crippen LogP contribution in [0.3, 0.4) is 0 Å². The molecule has 26 aromatic rings. The van der Waals surface area contributed by atoms with Gasteiger partial charge in [-0.2, -0.15) is 15.8 Å². The maximum atomic E-state index is 9.31. The molecular formula is C133H88N16. The van der Waals surface area contributed by atoms with Crippen LogP contribution in [0.15, 0.2) is 479 Å². The van der Waals surface area contributed by atoms with E-state index in [2.05, 4.69) is 542 Å². The van der Waals surface area contributed by atoms with E-state index >= 15 is 0 Å². The fourth-order valence-corrected chi connectivity index (χ4v) is 20.3. The van der Waals surface area contributed by atoms with Gasteiger partial charge in [0.15, 0.2) is 17.1 Å². The fraction of sp³-hybridized carbons (Fsp3) is 0.0150. The summed E-state index contributed by atoms with van der Waals surface area (Å²) in [6.07, 6.45) is 0. The Hall–Kier alpha value is -21.1. The predicted octanol–water partition coefficient (Wildman–Crippen LogP) is 34.7. The smallest absolute Gasteiger partial charge is 0.294 e. The highest BCUT2D eigenvalue weighted by atomic mass is 15.2. The molecule has 0 radical (unpaired) electrons. The maximum Gasteiger partial charge on any atom is 0.294 e. The normalized spacial score (nSPS) is 11.0. The van der Waals surface area contributed by atoms with Crippen LogP contribution < -0.4 is 9.80 Å². The van der Waals surface area contributed by atoms with Crippen molar-refractivity contribution in [2.45, 2.75) is 14.4 Å². The van der Waals surface area contributed by atoms with Gasteiger partial charge in [-0.25, -0.2) is 19.9 Å². The summed E-state index contributed by atoms with van der Waals surface area (Å²) in [6, 6.07) is 179. The van der Waals surface area contributed by atoms with Crippen LogP contribution in [-0.4, -0.2) is 43.6 Å². The highest BCUT2D eigenvalue weighted by Gasteiger charge is 2.29. The van der Waals surface area contributed by atoms with Crippen molar-refractivity contribution in [2.24, 2.45) is 0 Å². The third-order valence-corrected chi connectivity index (χ3v) is 27.4. The number of aromatic nitrogens is 9. The van der Waals surface area contributed by atoms with Crippen molar-refractivity contribution >= 4 is 144 Å². The lowest BCUT2D eigenvalue weighted by atomic mass is 9.96. The molecule has 0 unspecified atom stereocenters. The van der Waals surface area contributed by atoms with Gasteiger partial charge in [-0.15, -0.1) is 9.97 Å². The number of nitrogens with zero attached hydrogens (tertiary/aromatic N) is 16. The molecule has 6 heterocycles. The second kappa shape index (κ2) is 39.8.